The Hall–Kier alpha value is -2.16. The summed E-state index contributed by atoms with van der Waals surface area (Å²) < 4.78 is 4.64. The third-order valence-electron chi connectivity index (χ3n) is 1.07. The Balaban J connectivity index is 2.68. The first kappa shape index (κ1) is 8.93. The van der Waals surface area contributed by atoms with Gasteiger partial charge in [-0.05, 0) is 6.07 Å². The van der Waals surface area contributed by atoms with Crippen molar-refractivity contribution in [2.75, 3.05) is 6.61 Å². The maximum atomic E-state index is 10.1. The molecule has 0 fully saturated rings. The zero-order chi connectivity index (χ0) is 9.68. The Morgan fingerprint density at radius 2 is 2.54 bits per heavy atom. The molecule has 1 aromatic rings. The SMILES string of the molecule is N#Cc1ccnc(OCC(=O)O)n1. The molecule has 13 heavy (non-hydrogen) atoms. The third-order valence-corrected chi connectivity index (χ3v) is 1.07. The van der Waals surface area contributed by atoms with Crippen molar-refractivity contribution in [3.8, 4) is 12.1 Å². The van der Waals surface area contributed by atoms with Gasteiger partial charge in [0.1, 0.15) is 11.8 Å². The fourth-order valence-electron chi connectivity index (χ4n) is 0.599. The van der Waals surface area contributed by atoms with Crippen LogP contribution in [0, 0.1) is 11.3 Å². The molecule has 1 aromatic heterocycles. The van der Waals surface area contributed by atoms with E-state index in [1.54, 1.807) is 6.07 Å². The number of rotatable bonds is 3. The largest absolute Gasteiger partial charge is 0.479 e. The summed E-state index contributed by atoms with van der Waals surface area (Å²) in [5.74, 6) is -1.12. The highest BCUT2D eigenvalue weighted by molar-refractivity contribution is 5.68. The second-order valence-electron chi connectivity index (χ2n) is 2.02. The molecule has 0 bridgehead atoms. The predicted octanol–water partition coefficient (Wildman–Crippen LogP) is -0.188. The molecule has 0 spiro atoms. The lowest BCUT2D eigenvalue weighted by Gasteiger charge is -1.98. The van der Waals surface area contributed by atoms with Crippen molar-refractivity contribution in [3.05, 3.63) is 18.0 Å². The summed E-state index contributed by atoms with van der Waals surface area (Å²) in [4.78, 5) is 17.3. The third kappa shape index (κ3) is 2.75. The first-order valence-corrected chi connectivity index (χ1v) is 3.30. The maximum Gasteiger partial charge on any atom is 0.341 e. The summed E-state index contributed by atoms with van der Waals surface area (Å²) in [5, 5.41) is 16.7. The van der Waals surface area contributed by atoms with Gasteiger partial charge in [0.2, 0.25) is 0 Å². The summed E-state index contributed by atoms with van der Waals surface area (Å²) >= 11 is 0. The first-order chi connectivity index (χ1) is 6.22. The molecule has 0 saturated carbocycles. The molecule has 0 unspecified atom stereocenters. The lowest BCUT2D eigenvalue weighted by atomic mass is 10.4. The lowest BCUT2D eigenvalue weighted by Crippen LogP contribution is -2.11. The van der Waals surface area contributed by atoms with Crippen molar-refractivity contribution in [2.24, 2.45) is 0 Å². The molecular weight excluding hydrogens is 174 g/mol. The van der Waals surface area contributed by atoms with E-state index in [2.05, 4.69) is 14.7 Å². The molecule has 66 valence electrons. The molecule has 1 N–H and O–H groups in total. The van der Waals surface area contributed by atoms with Crippen LogP contribution in [0.2, 0.25) is 0 Å². The number of nitriles is 1. The minimum absolute atomic E-state index is 0.110. The summed E-state index contributed by atoms with van der Waals surface area (Å²) in [5.41, 5.74) is 0.135. The van der Waals surface area contributed by atoms with E-state index in [0.29, 0.717) is 0 Å². The van der Waals surface area contributed by atoms with Gasteiger partial charge >= 0.3 is 12.0 Å². The summed E-state index contributed by atoms with van der Waals surface area (Å²) in [6.07, 6.45) is 1.32. The smallest absolute Gasteiger partial charge is 0.341 e. The van der Waals surface area contributed by atoms with E-state index < -0.39 is 12.6 Å². The highest BCUT2D eigenvalue weighted by Gasteiger charge is 2.02. The molecule has 0 aromatic carbocycles. The number of hydrogen-bond acceptors (Lipinski definition) is 5. The number of aliphatic carboxylic acids is 1. The fraction of sp³-hybridized carbons (Fsp3) is 0.143. The number of carboxylic acids is 1. The second-order valence-corrected chi connectivity index (χ2v) is 2.02. The van der Waals surface area contributed by atoms with Gasteiger partial charge in [0, 0.05) is 6.20 Å². The van der Waals surface area contributed by atoms with Crippen LogP contribution in [0.25, 0.3) is 0 Å². The van der Waals surface area contributed by atoms with Crippen LogP contribution < -0.4 is 4.74 Å². The van der Waals surface area contributed by atoms with Gasteiger partial charge in [-0.25, -0.2) is 9.78 Å². The van der Waals surface area contributed by atoms with Gasteiger partial charge in [0.25, 0.3) is 0 Å². The van der Waals surface area contributed by atoms with Crippen LogP contribution in [0.15, 0.2) is 12.3 Å². The predicted molar refractivity (Wildman–Crippen MR) is 39.9 cm³/mol. The van der Waals surface area contributed by atoms with E-state index in [4.69, 9.17) is 10.4 Å². The molecule has 0 radical (unpaired) electrons. The average Bonchev–Trinajstić information content (AvgIpc) is 2.15. The van der Waals surface area contributed by atoms with E-state index in [1.165, 1.54) is 12.3 Å². The van der Waals surface area contributed by atoms with Gasteiger partial charge in [-0.1, -0.05) is 0 Å². The Bertz CT molecular complexity index is 358. The molecule has 0 amide bonds. The van der Waals surface area contributed by atoms with Crippen molar-refractivity contribution in [2.45, 2.75) is 0 Å². The van der Waals surface area contributed by atoms with Gasteiger partial charge in [-0.3, -0.25) is 0 Å². The van der Waals surface area contributed by atoms with Crippen molar-refractivity contribution in [3.63, 3.8) is 0 Å². The van der Waals surface area contributed by atoms with Crippen LogP contribution in [0.3, 0.4) is 0 Å². The van der Waals surface area contributed by atoms with Crippen LogP contribution in [0.1, 0.15) is 5.69 Å². The number of aromatic nitrogens is 2. The van der Waals surface area contributed by atoms with Crippen molar-refractivity contribution in [1.29, 1.82) is 5.26 Å². The molecule has 0 aliphatic heterocycles. The average molecular weight is 179 g/mol. The first-order valence-electron chi connectivity index (χ1n) is 3.30. The monoisotopic (exact) mass is 179 g/mol. The second kappa shape index (κ2) is 4.01. The van der Waals surface area contributed by atoms with Gasteiger partial charge in [0.05, 0.1) is 0 Å². The summed E-state index contributed by atoms with van der Waals surface area (Å²) in [6.45, 7) is -0.519. The van der Waals surface area contributed by atoms with E-state index in [9.17, 15) is 4.79 Å². The van der Waals surface area contributed by atoms with Crippen molar-refractivity contribution < 1.29 is 14.6 Å². The highest BCUT2D eigenvalue weighted by Crippen LogP contribution is 2.01. The molecule has 0 aliphatic rings. The number of hydrogen-bond donors (Lipinski definition) is 1. The van der Waals surface area contributed by atoms with Crippen LogP contribution >= 0.6 is 0 Å². The Labute approximate surface area is 73.4 Å². The van der Waals surface area contributed by atoms with Gasteiger partial charge in [0.15, 0.2) is 6.61 Å². The molecule has 0 saturated heterocycles. The molecule has 0 atom stereocenters. The molecule has 6 heteroatoms. The zero-order valence-electron chi connectivity index (χ0n) is 6.47. The van der Waals surface area contributed by atoms with E-state index in [-0.39, 0.29) is 11.7 Å². The molecule has 0 aliphatic carbocycles. The molecule has 1 heterocycles. The topological polar surface area (TPSA) is 96.1 Å². The maximum absolute atomic E-state index is 10.1. The normalized spacial score (nSPS) is 8.85. The van der Waals surface area contributed by atoms with E-state index >= 15 is 0 Å². The van der Waals surface area contributed by atoms with Crippen molar-refractivity contribution in [1.82, 2.24) is 9.97 Å². The quantitative estimate of drug-likeness (QED) is 0.690. The zero-order valence-corrected chi connectivity index (χ0v) is 6.47. The standard InChI is InChI=1S/C7H5N3O3/c8-3-5-1-2-9-7(10-5)13-4-6(11)12/h1-2H,4H2,(H,11,12). The fourth-order valence-corrected chi connectivity index (χ4v) is 0.599. The molecular formula is C7H5N3O3. The minimum atomic E-state index is -1.12. The number of carboxylic acid groups (broad SMARTS) is 1. The Morgan fingerprint density at radius 1 is 1.77 bits per heavy atom. The van der Waals surface area contributed by atoms with E-state index in [0.717, 1.165) is 0 Å². The van der Waals surface area contributed by atoms with Crippen LogP contribution in [-0.2, 0) is 4.79 Å². The van der Waals surface area contributed by atoms with Crippen LogP contribution in [-0.4, -0.2) is 27.7 Å². The number of ether oxygens (including phenoxy) is 1. The Kier molecular flexibility index (Phi) is 2.76. The number of nitrogens with zero attached hydrogens (tertiary/aromatic N) is 3. The van der Waals surface area contributed by atoms with Gasteiger partial charge < -0.3 is 9.84 Å². The Morgan fingerprint density at radius 3 is 3.15 bits per heavy atom. The van der Waals surface area contributed by atoms with E-state index in [1.807, 2.05) is 0 Å². The van der Waals surface area contributed by atoms with Crippen LogP contribution in [0.4, 0.5) is 0 Å². The summed E-state index contributed by atoms with van der Waals surface area (Å²) in [7, 11) is 0. The molecule has 6 nitrogen and oxygen atoms in total. The van der Waals surface area contributed by atoms with Crippen molar-refractivity contribution >= 4 is 5.97 Å². The minimum Gasteiger partial charge on any atom is -0.479 e. The lowest BCUT2D eigenvalue weighted by molar-refractivity contribution is -0.139. The number of carbonyl (C=O) groups is 1. The van der Waals surface area contributed by atoms with Gasteiger partial charge in [-0.15, -0.1) is 0 Å². The highest BCUT2D eigenvalue weighted by atomic mass is 16.5. The van der Waals surface area contributed by atoms with Crippen LogP contribution in [0.5, 0.6) is 6.01 Å². The summed E-state index contributed by atoms with van der Waals surface area (Å²) in [6, 6.07) is 3.06. The van der Waals surface area contributed by atoms with Gasteiger partial charge in [-0.2, -0.15) is 10.2 Å². The molecule has 1 rings (SSSR count).